The first-order valence-electron chi connectivity index (χ1n) is 6.62. The van der Waals surface area contributed by atoms with Crippen LogP contribution in [0.5, 0.6) is 0 Å². The molecular weight excluding hydrogens is 261 g/mol. The summed E-state index contributed by atoms with van der Waals surface area (Å²) in [7, 11) is 0. The fourth-order valence-corrected chi connectivity index (χ4v) is 2.25. The van der Waals surface area contributed by atoms with Gasteiger partial charge in [-0.1, -0.05) is 0 Å². The van der Waals surface area contributed by atoms with Crippen LogP contribution in [0.3, 0.4) is 0 Å². The Hall–Kier alpha value is -1.95. The van der Waals surface area contributed by atoms with Crippen molar-refractivity contribution in [3.63, 3.8) is 0 Å². The minimum atomic E-state index is -0.517. The second-order valence-electron chi connectivity index (χ2n) is 4.99. The molecule has 1 aromatic carbocycles. The largest absolute Gasteiger partial charge is 0.326 e. The molecule has 1 aromatic rings. The molecule has 0 bridgehead atoms. The van der Waals surface area contributed by atoms with Crippen LogP contribution in [0, 0.1) is 11.7 Å². The molecule has 0 aliphatic carbocycles. The molecule has 0 aromatic heterocycles. The van der Waals surface area contributed by atoms with Gasteiger partial charge >= 0.3 is 0 Å². The molecule has 5 nitrogen and oxygen atoms in total. The van der Waals surface area contributed by atoms with E-state index in [2.05, 4.69) is 16.0 Å². The third-order valence-electron chi connectivity index (χ3n) is 3.20. The number of hydrogen-bond donors (Lipinski definition) is 3. The van der Waals surface area contributed by atoms with Crippen molar-refractivity contribution in [2.75, 3.05) is 23.7 Å². The van der Waals surface area contributed by atoms with E-state index in [0.717, 1.165) is 19.5 Å². The Morgan fingerprint density at radius 2 is 2.20 bits per heavy atom. The fourth-order valence-electron chi connectivity index (χ4n) is 2.25. The predicted molar refractivity (Wildman–Crippen MR) is 74.9 cm³/mol. The molecule has 1 fully saturated rings. The number of anilines is 2. The van der Waals surface area contributed by atoms with Crippen LogP contribution >= 0.6 is 0 Å². The van der Waals surface area contributed by atoms with Crippen LogP contribution < -0.4 is 16.0 Å². The van der Waals surface area contributed by atoms with Crippen molar-refractivity contribution in [2.24, 2.45) is 5.92 Å². The van der Waals surface area contributed by atoms with E-state index in [0.29, 0.717) is 18.0 Å². The summed E-state index contributed by atoms with van der Waals surface area (Å²) < 4.78 is 13.6. The molecule has 1 aliphatic rings. The number of amides is 2. The van der Waals surface area contributed by atoms with E-state index in [1.165, 1.54) is 25.1 Å². The smallest absolute Gasteiger partial charge is 0.224 e. The summed E-state index contributed by atoms with van der Waals surface area (Å²) in [6, 6.07) is 4.09. The van der Waals surface area contributed by atoms with Crippen LogP contribution in [0.4, 0.5) is 15.8 Å². The SMILES string of the molecule is CC(=O)Nc1ccc(F)c(NC(=O)CC2CCNC2)c1. The molecule has 0 saturated carbocycles. The van der Waals surface area contributed by atoms with E-state index in [-0.39, 0.29) is 17.5 Å². The standard InChI is InChI=1S/C14H18FN3O2/c1-9(19)17-11-2-3-12(15)13(7-11)18-14(20)6-10-4-5-16-8-10/h2-3,7,10,16H,4-6,8H2,1H3,(H,17,19)(H,18,20). The molecule has 1 aliphatic heterocycles. The first-order chi connectivity index (χ1) is 9.54. The Labute approximate surface area is 116 Å². The first kappa shape index (κ1) is 14.5. The number of carbonyl (C=O) groups excluding carboxylic acids is 2. The maximum Gasteiger partial charge on any atom is 0.224 e. The average molecular weight is 279 g/mol. The number of hydrogen-bond acceptors (Lipinski definition) is 3. The predicted octanol–water partition coefficient (Wildman–Crippen LogP) is 1.72. The summed E-state index contributed by atoms with van der Waals surface area (Å²) in [6.07, 6.45) is 1.33. The highest BCUT2D eigenvalue weighted by molar-refractivity contribution is 5.93. The number of rotatable bonds is 4. The molecule has 1 atom stereocenters. The van der Waals surface area contributed by atoms with Crippen molar-refractivity contribution in [2.45, 2.75) is 19.8 Å². The molecule has 6 heteroatoms. The highest BCUT2D eigenvalue weighted by Gasteiger charge is 2.18. The van der Waals surface area contributed by atoms with Crippen molar-refractivity contribution in [1.29, 1.82) is 0 Å². The summed E-state index contributed by atoms with van der Waals surface area (Å²) in [6.45, 7) is 3.11. The molecule has 1 unspecified atom stereocenters. The van der Waals surface area contributed by atoms with Gasteiger partial charge in [-0.05, 0) is 43.6 Å². The van der Waals surface area contributed by atoms with E-state index in [9.17, 15) is 14.0 Å². The molecule has 1 saturated heterocycles. The Kier molecular flexibility index (Phi) is 4.68. The average Bonchev–Trinajstić information content (AvgIpc) is 2.85. The summed E-state index contributed by atoms with van der Waals surface area (Å²) in [5.41, 5.74) is 0.545. The number of benzene rings is 1. The molecule has 0 radical (unpaired) electrons. The Morgan fingerprint density at radius 3 is 2.85 bits per heavy atom. The lowest BCUT2D eigenvalue weighted by Crippen LogP contribution is -2.19. The molecule has 1 heterocycles. The van der Waals surface area contributed by atoms with Crippen molar-refractivity contribution in [1.82, 2.24) is 5.32 Å². The van der Waals surface area contributed by atoms with Gasteiger partial charge in [-0.15, -0.1) is 0 Å². The highest BCUT2D eigenvalue weighted by Crippen LogP contribution is 2.21. The van der Waals surface area contributed by atoms with Gasteiger partial charge in [-0.25, -0.2) is 4.39 Å². The van der Waals surface area contributed by atoms with Gasteiger partial charge < -0.3 is 16.0 Å². The van der Waals surface area contributed by atoms with Crippen LogP contribution in [0.25, 0.3) is 0 Å². The first-order valence-corrected chi connectivity index (χ1v) is 6.62. The van der Waals surface area contributed by atoms with Gasteiger partial charge in [0.05, 0.1) is 5.69 Å². The normalized spacial score (nSPS) is 17.8. The van der Waals surface area contributed by atoms with Crippen LogP contribution in [-0.2, 0) is 9.59 Å². The maximum absolute atomic E-state index is 13.6. The lowest BCUT2D eigenvalue weighted by molar-refractivity contribution is -0.117. The Balaban J connectivity index is 1.99. The van der Waals surface area contributed by atoms with E-state index in [4.69, 9.17) is 0 Å². The van der Waals surface area contributed by atoms with Crippen LogP contribution in [0.2, 0.25) is 0 Å². The highest BCUT2D eigenvalue weighted by atomic mass is 19.1. The number of halogens is 1. The quantitative estimate of drug-likeness (QED) is 0.786. The Morgan fingerprint density at radius 1 is 1.40 bits per heavy atom. The lowest BCUT2D eigenvalue weighted by atomic mass is 10.0. The molecule has 20 heavy (non-hydrogen) atoms. The third-order valence-corrected chi connectivity index (χ3v) is 3.20. The molecular formula is C14H18FN3O2. The Bertz CT molecular complexity index is 513. The van der Waals surface area contributed by atoms with Crippen molar-refractivity contribution in [3.05, 3.63) is 24.0 Å². The summed E-state index contributed by atoms with van der Waals surface area (Å²) in [4.78, 5) is 22.8. The monoisotopic (exact) mass is 279 g/mol. The topological polar surface area (TPSA) is 70.2 Å². The van der Waals surface area contributed by atoms with Gasteiger partial charge in [0.25, 0.3) is 0 Å². The second-order valence-corrected chi connectivity index (χ2v) is 4.99. The van der Waals surface area contributed by atoms with Crippen molar-refractivity contribution < 1.29 is 14.0 Å². The molecule has 2 amide bonds. The summed E-state index contributed by atoms with van der Waals surface area (Å²) in [5.74, 6) is -0.669. The van der Waals surface area contributed by atoms with Gasteiger partial charge in [0.15, 0.2) is 0 Å². The zero-order valence-corrected chi connectivity index (χ0v) is 11.3. The molecule has 108 valence electrons. The van der Waals surface area contributed by atoms with Crippen LogP contribution in [0.1, 0.15) is 19.8 Å². The maximum atomic E-state index is 13.6. The molecule has 2 rings (SSSR count). The van der Waals surface area contributed by atoms with E-state index in [1.54, 1.807) is 0 Å². The van der Waals surface area contributed by atoms with E-state index in [1.807, 2.05) is 0 Å². The van der Waals surface area contributed by atoms with Crippen molar-refractivity contribution in [3.8, 4) is 0 Å². The minimum absolute atomic E-state index is 0.0900. The molecule has 0 spiro atoms. The van der Waals surface area contributed by atoms with Gasteiger partial charge in [0.1, 0.15) is 5.82 Å². The third kappa shape index (κ3) is 4.03. The molecule has 3 N–H and O–H groups in total. The van der Waals surface area contributed by atoms with E-state index < -0.39 is 5.82 Å². The second kappa shape index (κ2) is 6.47. The zero-order chi connectivity index (χ0) is 14.5. The summed E-state index contributed by atoms with van der Waals surface area (Å²) in [5, 5.41) is 8.29. The minimum Gasteiger partial charge on any atom is -0.326 e. The van der Waals surface area contributed by atoms with Gasteiger partial charge in [-0.2, -0.15) is 0 Å². The van der Waals surface area contributed by atoms with Crippen LogP contribution in [0.15, 0.2) is 18.2 Å². The fraction of sp³-hybridized carbons (Fsp3) is 0.429. The van der Waals surface area contributed by atoms with Gasteiger partial charge in [0.2, 0.25) is 11.8 Å². The summed E-state index contributed by atoms with van der Waals surface area (Å²) >= 11 is 0. The van der Waals surface area contributed by atoms with Crippen molar-refractivity contribution >= 4 is 23.2 Å². The zero-order valence-electron chi connectivity index (χ0n) is 11.3. The van der Waals surface area contributed by atoms with Gasteiger partial charge in [0, 0.05) is 19.0 Å². The number of carbonyl (C=O) groups is 2. The number of nitrogens with one attached hydrogen (secondary N) is 3. The van der Waals surface area contributed by atoms with E-state index >= 15 is 0 Å². The lowest BCUT2D eigenvalue weighted by Gasteiger charge is -2.11. The van der Waals surface area contributed by atoms with Crippen LogP contribution in [-0.4, -0.2) is 24.9 Å². The van der Waals surface area contributed by atoms with Gasteiger partial charge in [-0.3, -0.25) is 9.59 Å².